The van der Waals surface area contributed by atoms with Crippen LogP contribution >= 0.6 is 0 Å². The summed E-state index contributed by atoms with van der Waals surface area (Å²) in [5.41, 5.74) is 0.575. The average molecular weight is 356 g/mol. The average Bonchev–Trinajstić information content (AvgIpc) is 3.21. The lowest BCUT2D eigenvalue weighted by molar-refractivity contribution is -0.122. The number of likely N-dealkylation sites (tertiary alicyclic amines) is 1. The maximum absolute atomic E-state index is 12.2. The van der Waals surface area contributed by atoms with Gasteiger partial charge in [0.15, 0.2) is 0 Å². The maximum Gasteiger partial charge on any atom is 0.257 e. The Morgan fingerprint density at radius 1 is 1.15 bits per heavy atom. The van der Waals surface area contributed by atoms with Gasteiger partial charge in [-0.1, -0.05) is 18.2 Å². The van der Waals surface area contributed by atoms with E-state index in [4.69, 9.17) is 9.15 Å². The molecular weight excluding hydrogens is 332 g/mol. The van der Waals surface area contributed by atoms with E-state index in [1.807, 2.05) is 30.3 Å². The van der Waals surface area contributed by atoms with Crippen molar-refractivity contribution in [2.45, 2.75) is 31.7 Å². The number of ether oxygens (including phenoxy) is 1. The Morgan fingerprint density at radius 3 is 2.62 bits per heavy atom. The van der Waals surface area contributed by atoms with Crippen LogP contribution in [0.5, 0.6) is 5.75 Å². The molecule has 26 heavy (non-hydrogen) atoms. The molecule has 2 aromatic rings. The summed E-state index contributed by atoms with van der Waals surface area (Å²) in [6.07, 6.45) is 5.64. The van der Waals surface area contributed by atoms with E-state index in [9.17, 15) is 9.59 Å². The van der Waals surface area contributed by atoms with Gasteiger partial charge in [-0.05, 0) is 37.5 Å². The van der Waals surface area contributed by atoms with Crippen LogP contribution < -0.4 is 10.1 Å². The number of hydrogen-bond acceptors (Lipinski definition) is 4. The van der Waals surface area contributed by atoms with Gasteiger partial charge in [0.25, 0.3) is 5.91 Å². The predicted octanol–water partition coefficient (Wildman–Crippen LogP) is 2.86. The summed E-state index contributed by atoms with van der Waals surface area (Å²) in [4.78, 5) is 26.1. The molecule has 1 saturated heterocycles. The molecule has 1 aliphatic rings. The second-order valence-electron chi connectivity index (χ2n) is 6.41. The Bertz CT molecular complexity index is 692. The van der Waals surface area contributed by atoms with Gasteiger partial charge in [0, 0.05) is 25.6 Å². The van der Waals surface area contributed by atoms with E-state index in [1.165, 1.54) is 12.5 Å². The van der Waals surface area contributed by atoms with Gasteiger partial charge in [-0.3, -0.25) is 9.59 Å². The number of amides is 2. The van der Waals surface area contributed by atoms with Gasteiger partial charge in [0.05, 0.1) is 18.4 Å². The molecule has 0 spiro atoms. The number of hydrogen-bond donors (Lipinski definition) is 1. The van der Waals surface area contributed by atoms with Crippen LogP contribution in [0.2, 0.25) is 0 Å². The van der Waals surface area contributed by atoms with Crippen molar-refractivity contribution in [1.29, 1.82) is 0 Å². The smallest absolute Gasteiger partial charge is 0.257 e. The van der Waals surface area contributed by atoms with E-state index in [2.05, 4.69) is 5.32 Å². The second kappa shape index (κ2) is 9.08. The Hall–Kier alpha value is -2.76. The highest BCUT2D eigenvalue weighted by atomic mass is 16.5. The largest absolute Gasteiger partial charge is 0.494 e. The van der Waals surface area contributed by atoms with Gasteiger partial charge < -0.3 is 19.4 Å². The first kappa shape index (κ1) is 18.0. The molecule has 1 N–H and O–H groups in total. The van der Waals surface area contributed by atoms with Crippen molar-refractivity contribution in [3.8, 4) is 5.75 Å². The molecule has 1 aromatic heterocycles. The Morgan fingerprint density at radius 2 is 1.92 bits per heavy atom. The van der Waals surface area contributed by atoms with Crippen LogP contribution in [0.25, 0.3) is 0 Å². The number of nitrogens with zero attached hydrogens (tertiary/aromatic N) is 1. The van der Waals surface area contributed by atoms with Crippen molar-refractivity contribution in [3.05, 3.63) is 54.5 Å². The molecule has 1 fully saturated rings. The number of para-hydroxylation sites is 1. The van der Waals surface area contributed by atoms with E-state index in [0.29, 0.717) is 38.1 Å². The Labute approximate surface area is 153 Å². The number of furan rings is 1. The second-order valence-corrected chi connectivity index (χ2v) is 6.41. The summed E-state index contributed by atoms with van der Waals surface area (Å²) >= 11 is 0. The quantitative estimate of drug-likeness (QED) is 0.775. The third-order valence-electron chi connectivity index (χ3n) is 4.48. The summed E-state index contributed by atoms with van der Waals surface area (Å²) in [6.45, 7) is 1.81. The molecule has 0 saturated carbocycles. The topological polar surface area (TPSA) is 71.8 Å². The zero-order chi connectivity index (χ0) is 18.2. The van der Waals surface area contributed by atoms with Crippen molar-refractivity contribution in [2.24, 2.45) is 0 Å². The first-order valence-corrected chi connectivity index (χ1v) is 9.01. The molecule has 2 heterocycles. The lowest BCUT2D eigenvalue weighted by Crippen LogP contribution is -2.46. The molecule has 2 amide bonds. The minimum Gasteiger partial charge on any atom is -0.494 e. The molecule has 6 heteroatoms. The minimum atomic E-state index is -0.0124. The fourth-order valence-electron chi connectivity index (χ4n) is 3.03. The lowest BCUT2D eigenvalue weighted by atomic mass is 10.0. The molecule has 1 aliphatic heterocycles. The zero-order valence-electron chi connectivity index (χ0n) is 14.7. The Balaban J connectivity index is 1.31. The first-order chi connectivity index (χ1) is 12.7. The summed E-state index contributed by atoms with van der Waals surface area (Å²) in [6, 6.07) is 11.4. The van der Waals surface area contributed by atoms with Crippen molar-refractivity contribution >= 4 is 11.8 Å². The van der Waals surface area contributed by atoms with Gasteiger partial charge in [-0.15, -0.1) is 0 Å². The van der Waals surface area contributed by atoms with Gasteiger partial charge in [0.2, 0.25) is 5.91 Å². The van der Waals surface area contributed by atoms with Crippen LogP contribution in [0.15, 0.2) is 53.3 Å². The number of carbonyl (C=O) groups excluding carboxylic acids is 2. The van der Waals surface area contributed by atoms with Crippen LogP contribution in [0.3, 0.4) is 0 Å². The summed E-state index contributed by atoms with van der Waals surface area (Å²) in [5.74, 6) is 0.852. The normalized spacial score (nSPS) is 14.8. The standard InChI is InChI=1S/C20H24N2O4/c23-19(7-4-13-26-18-5-2-1-3-6-18)21-17-8-11-22(12-9-17)20(24)16-10-14-25-15-16/h1-3,5-6,10,14-15,17H,4,7-9,11-13H2,(H,21,23). The summed E-state index contributed by atoms with van der Waals surface area (Å²) in [7, 11) is 0. The van der Waals surface area contributed by atoms with Crippen molar-refractivity contribution in [3.63, 3.8) is 0 Å². The minimum absolute atomic E-state index is 0.0124. The number of rotatable bonds is 7. The van der Waals surface area contributed by atoms with Crippen molar-refractivity contribution in [2.75, 3.05) is 19.7 Å². The third-order valence-corrected chi connectivity index (χ3v) is 4.48. The SMILES string of the molecule is O=C(CCCOc1ccccc1)NC1CCN(C(=O)c2ccoc2)CC1. The molecule has 6 nitrogen and oxygen atoms in total. The van der Waals surface area contributed by atoms with E-state index >= 15 is 0 Å². The number of nitrogens with one attached hydrogen (secondary N) is 1. The maximum atomic E-state index is 12.2. The van der Waals surface area contributed by atoms with Gasteiger partial charge >= 0.3 is 0 Å². The van der Waals surface area contributed by atoms with Crippen molar-refractivity contribution < 1.29 is 18.7 Å². The van der Waals surface area contributed by atoms with E-state index in [1.54, 1.807) is 11.0 Å². The molecule has 0 atom stereocenters. The molecule has 0 unspecified atom stereocenters. The van der Waals surface area contributed by atoms with Gasteiger partial charge in [-0.25, -0.2) is 0 Å². The lowest BCUT2D eigenvalue weighted by Gasteiger charge is -2.32. The number of carbonyl (C=O) groups is 2. The summed E-state index contributed by atoms with van der Waals surface area (Å²) < 4.78 is 10.6. The first-order valence-electron chi connectivity index (χ1n) is 9.01. The molecule has 0 radical (unpaired) electrons. The molecule has 138 valence electrons. The highest BCUT2D eigenvalue weighted by Crippen LogP contribution is 2.15. The fourth-order valence-corrected chi connectivity index (χ4v) is 3.03. The number of benzene rings is 1. The fraction of sp³-hybridized carbons (Fsp3) is 0.400. The van der Waals surface area contributed by atoms with Crippen LogP contribution in [0.4, 0.5) is 0 Å². The predicted molar refractivity (Wildman–Crippen MR) is 96.9 cm³/mol. The highest BCUT2D eigenvalue weighted by Gasteiger charge is 2.24. The molecular formula is C20H24N2O4. The Kier molecular flexibility index (Phi) is 6.30. The van der Waals surface area contributed by atoms with Crippen molar-refractivity contribution in [1.82, 2.24) is 10.2 Å². The van der Waals surface area contributed by atoms with Crippen LogP contribution in [0.1, 0.15) is 36.0 Å². The van der Waals surface area contributed by atoms with E-state index in [0.717, 1.165) is 18.6 Å². The molecule has 0 bridgehead atoms. The zero-order valence-corrected chi connectivity index (χ0v) is 14.7. The number of piperidine rings is 1. The van der Waals surface area contributed by atoms with Crippen LogP contribution in [-0.2, 0) is 4.79 Å². The molecule has 3 rings (SSSR count). The van der Waals surface area contributed by atoms with Gasteiger partial charge in [0.1, 0.15) is 12.0 Å². The summed E-state index contributed by atoms with van der Waals surface area (Å²) in [5, 5.41) is 3.06. The van der Waals surface area contributed by atoms with E-state index in [-0.39, 0.29) is 17.9 Å². The molecule has 0 aliphatic carbocycles. The molecule has 1 aromatic carbocycles. The van der Waals surface area contributed by atoms with E-state index < -0.39 is 0 Å². The monoisotopic (exact) mass is 356 g/mol. The van der Waals surface area contributed by atoms with Crippen LogP contribution in [-0.4, -0.2) is 42.5 Å². The highest BCUT2D eigenvalue weighted by molar-refractivity contribution is 5.93. The van der Waals surface area contributed by atoms with Crippen LogP contribution in [0, 0.1) is 0 Å². The van der Waals surface area contributed by atoms with Gasteiger partial charge in [-0.2, -0.15) is 0 Å². The third kappa shape index (κ3) is 5.12.